The second-order valence-corrected chi connectivity index (χ2v) is 7.95. The number of nitrogens with one attached hydrogen (secondary N) is 3. The maximum Gasteiger partial charge on any atom is 0.253 e. The molecule has 1 aromatic rings. The quantitative estimate of drug-likeness (QED) is 0.510. The molecule has 1 aromatic carbocycles. The molecule has 0 heterocycles. The lowest BCUT2D eigenvalue weighted by Crippen LogP contribution is -2.42. The average molecular weight is 444 g/mol. The topological polar surface area (TPSA) is 96.5 Å². The summed E-state index contributed by atoms with van der Waals surface area (Å²) < 4.78 is 5.83. The Labute approximate surface area is 180 Å². The van der Waals surface area contributed by atoms with E-state index in [1.54, 1.807) is 0 Å². The van der Waals surface area contributed by atoms with Gasteiger partial charge in [-0.3, -0.25) is 14.4 Å². The molecular formula is C20H27Cl2N3O4. The fourth-order valence-corrected chi connectivity index (χ4v) is 3.66. The minimum Gasteiger partial charge on any atom is -0.376 e. The van der Waals surface area contributed by atoms with E-state index in [9.17, 15) is 14.4 Å². The highest BCUT2D eigenvalue weighted by atomic mass is 35.5. The highest BCUT2D eigenvalue weighted by molar-refractivity contribution is 6.36. The molecule has 0 radical (unpaired) electrons. The van der Waals surface area contributed by atoms with E-state index in [0.29, 0.717) is 24.1 Å². The lowest BCUT2D eigenvalue weighted by atomic mass is 9.88. The van der Waals surface area contributed by atoms with Crippen molar-refractivity contribution in [1.29, 1.82) is 0 Å². The first-order valence-corrected chi connectivity index (χ1v) is 10.5. The summed E-state index contributed by atoms with van der Waals surface area (Å²) >= 11 is 11.7. The Morgan fingerprint density at radius 2 is 1.72 bits per heavy atom. The molecule has 7 nitrogen and oxygen atoms in total. The zero-order valence-corrected chi connectivity index (χ0v) is 17.9. The first-order valence-electron chi connectivity index (χ1n) is 9.75. The molecule has 2 rings (SSSR count). The molecule has 1 aliphatic carbocycles. The minimum atomic E-state index is -0.500. The summed E-state index contributed by atoms with van der Waals surface area (Å²) in [5, 5.41) is 8.20. The number of hydrogen-bond donors (Lipinski definition) is 3. The second kappa shape index (κ2) is 12.0. The molecule has 0 spiro atoms. The molecule has 1 saturated carbocycles. The normalized spacial score (nSPS) is 18.7. The molecule has 2 atom stereocenters. The SMILES string of the molecule is CC1CCCCC1OCCNC(=O)CNC(=O)CNC(=O)c1ccc(Cl)cc1Cl. The van der Waals surface area contributed by atoms with Gasteiger partial charge in [0.2, 0.25) is 11.8 Å². The third-order valence-electron chi connectivity index (χ3n) is 4.82. The number of ether oxygens (including phenoxy) is 1. The van der Waals surface area contributed by atoms with Gasteiger partial charge in [-0.1, -0.05) is 43.0 Å². The van der Waals surface area contributed by atoms with Gasteiger partial charge in [-0.15, -0.1) is 0 Å². The van der Waals surface area contributed by atoms with Crippen LogP contribution in [0.25, 0.3) is 0 Å². The van der Waals surface area contributed by atoms with Crippen molar-refractivity contribution in [2.45, 2.75) is 38.7 Å². The van der Waals surface area contributed by atoms with Gasteiger partial charge in [0.05, 0.1) is 36.4 Å². The molecule has 1 aliphatic rings. The molecule has 1 fully saturated rings. The summed E-state index contributed by atoms with van der Waals surface area (Å²) in [6.07, 6.45) is 4.96. The van der Waals surface area contributed by atoms with Crippen LogP contribution in [-0.2, 0) is 14.3 Å². The summed E-state index contributed by atoms with van der Waals surface area (Å²) in [7, 11) is 0. The van der Waals surface area contributed by atoms with Gasteiger partial charge >= 0.3 is 0 Å². The Morgan fingerprint density at radius 3 is 2.45 bits per heavy atom. The van der Waals surface area contributed by atoms with Crippen molar-refractivity contribution >= 4 is 40.9 Å². The number of amides is 3. The van der Waals surface area contributed by atoms with Crippen LogP contribution in [0.1, 0.15) is 43.0 Å². The van der Waals surface area contributed by atoms with E-state index in [0.717, 1.165) is 6.42 Å². The molecule has 0 aromatic heterocycles. The number of rotatable bonds is 9. The van der Waals surface area contributed by atoms with E-state index in [4.69, 9.17) is 27.9 Å². The Kier molecular flexibility index (Phi) is 9.70. The molecule has 2 unspecified atom stereocenters. The van der Waals surface area contributed by atoms with Crippen molar-refractivity contribution in [1.82, 2.24) is 16.0 Å². The van der Waals surface area contributed by atoms with Crippen molar-refractivity contribution in [3.63, 3.8) is 0 Å². The third-order valence-corrected chi connectivity index (χ3v) is 5.37. The number of benzene rings is 1. The molecule has 0 saturated heterocycles. The number of halogens is 2. The van der Waals surface area contributed by atoms with Crippen molar-refractivity contribution < 1.29 is 19.1 Å². The van der Waals surface area contributed by atoms with E-state index in [1.165, 1.54) is 37.5 Å². The van der Waals surface area contributed by atoms with E-state index in [1.807, 2.05) is 0 Å². The van der Waals surface area contributed by atoms with Gasteiger partial charge in [0.25, 0.3) is 5.91 Å². The maximum atomic E-state index is 12.0. The Balaban J connectivity index is 1.58. The van der Waals surface area contributed by atoms with Crippen molar-refractivity contribution in [2.24, 2.45) is 5.92 Å². The van der Waals surface area contributed by atoms with Gasteiger partial charge in [-0.25, -0.2) is 0 Å². The number of carbonyl (C=O) groups excluding carboxylic acids is 3. The molecule has 0 bridgehead atoms. The summed E-state index contributed by atoms with van der Waals surface area (Å²) in [6, 6.07) is 4.45. The summed E-state index contributed by atoms with van der Waals surface area (Å²) in [6.45, 7) is 2.60. The van der Waals surface area contributed by atoms with Crippen LogP contribution >= 0.6 is 23.2 Å². The molecule has 160 valence electrons. The molecule has 29 heavy (non-hydrogen) atoms. The predicted octanol–water partition coefficient (Wildman–Crippen LogP) is 2.55. The van der Waals surface area contributed by atoms with Gasteiger partial charge in [-0.2, -0.15) is 0 Å². The molecular weight excluding hydrogens is 417 g/mol. The Hall–Kier alpha value is -1.83. The third kappa shape index (κ3) is 8.20. The second-order valence-electron chi connectivity index (χ2n) is 7.10. The maximum absolute atomic E-state index is 12.0. The summed E-state index contributed by atoms with van der Waals surface area (Å²) in [5.74, 6) is -0.742. The smallest absolute Gasteiger partial charge is 0.253 e. The summed E-state index contributed by atoms with van der Waals surface area (Å²) in [5.41, 5.74) is 0.217. The largest absolute Gasteiger partial charge is 0.376 e. The first kappa shape index (κ1) is 23.4. The Morgan fingerprint density at radius 1 is 1.03 bits per heavy atom. The zero-order valence-electron chi connectivity index (χ0n) is 16.4. The van der Waals surface area contributed by atoms with Gasteiger partial charge in [0, 0.05) is 11.6 Å². The predicted molar refractivity (Wildman–Crippen MR) is 112 cm³/mol. The lowest BCUT2D eigenvalue weighted by Gasteiger charge is -2.28. The van der Waals surface area contributed by atoms with Crippen LogP contribution < -0.4 is 16.0 Å². The van der Waals surface area contributed by atoms with Crippen LogP contribution in [0.4, 0.5) is 0 Å². The van der Waals surface area contributed by atoms with Gasteiger partial charge in [0.1, 0.15) is 0 Å². The zero-order chi connectivity index (χ0) is 21.2. The molecule has 9 heteroatoms. The molecule has 0 aliphatic heterocycles. The van der Waals surface area contributed by atoms with Gasteiger partial charge in [-0.05, 0) is 37.0 Å². The van der Waals surface area contributed by atoms with Crippen LogP contribution in [0.2, 0.25) is 10.0 Å². The van der Waals surface area contributed by atoms with Crippen LogP contribution in [0.15, 0.2) is 18.2 Å². The standard InChI is InChI=1S/C20H27Cl2N3O4/c1-13-4-2-3-5-17(13)29-9-8-23-18(26)11-24-19(27)12-25-20(28)15-7-6-14(21)10-16(15)22/h6-7,10,13,17H,2-5,8-9,11-12H2,1H3,(H,23,26)(H,24,27)(H,25,28). The molecule has 3 amide bonds. The van der Waals surface area contributed by atoms with E-state index in [-0.39, 0.29) is 35.7 Å². The number of hydrogen-bond acceptors (Lipinski definition) is 4. The molecule has 3 N–H and O–H groups in total. The van der Waals surface area contributed by atoms with E-state index in [2.05, 4.69) is 22.9 Å². The monoisotopic (exact) mass is 443 g/mol. The van der Waals surface area contributed by atoms with Crippen LogP contribution in [0, 0.1) is 5.92 Å². The average Bonchev–Trinajstić information content (AvgIpc) is 2.69. The van der Waals surface area contributed by atoms with Crippen molar-refractivity contribution in [3.8, 4) is 0 Å². The highest BCUT2D eigenvalue weighted by Gasteiger charge is 2.21. The van der Waals surface area contributed by atoms with E-state index >= 15 is 0 Å². The van der Waals surface area contributed by atoms with E-state index < -0.39 is 11.8 Å². The van der Waals surface area contributed by atoms with Crippen molar-refractivity contribution in [3.05, 3.63) is 33.8 Å². The van der Waals surface area contributed by atoms with Gasteiger partial charge < -0.3 is 20.7 Å². The van der Waals surface area contributed by atoms with Crippen molar-refractivity contribution in [2.75, 3.05) is 26.2 Å². The number of carbonyl (C=O) groups is 3. The lowest BCUT2D eigenvalue weighted by molar-refractivity contribution is -0.125. The van der Waals surface area contributed by atoms with Crippen LogP contribution in [-0.4, -0.2) is 50.1 Å². The minimum absolute atomic E-state index is 0.170. The fraction of sp³-hybridized carbons (Fsp3) is 0.550. The van der Waals surface area contributed by atoms with Crippen LogP contribution in [0.5, 0.6) is 0 Å². The van der Waals surface area contributed by atoms with Crippen LogP contribution in [0.3, 0.4) is 0 Å². The fourth-order valence-electron chi connectivity index (χ4n) is 3.16. The Bertz CT molecular complexity index is 730. The first-order chi connectivity index (χ1) is 13.9. The summed E-state index contributed by atoms with van der Waals surface area (Å²) in [4.78, 5) is 35.6. The highest BCUT2D eigenvalue weighted by Crippen LogP contribution is 2.26. The van der Waals surface area contributed by atoms with Gasteiger partial charge in [0.15, 0.2) is 0 Å².